The van der Waals surface area contributed by atoms with Crippen LogP contribution in [-0.4, -0.2) is 32.0 Å². The van der Waals surface area contributed by atoms with Crippen LogP contribution in [0.4, 0.5) is 18.9 Å². The molecule has 6 nitrogen and oxygen atoms in total. The third kappa shape index (κ3) is 5.97. The number of thiocarbonyl (C=S) groups is 1. The van der Waals surface area contributed by atoms with Crippen molar-refractivity contribution in [3.63, 3.8) is 0 Å². The predicted octanol–water partition coefficient (Wildman–Crippen LogP) is 6.82. The summed E-state index contributed by atoms with van der Waals surface area (Å²) < 4.78 is 42.3. The molecule has 0 aliphatic carbocycles. The van der Waals surface area contributed by atoms with Gasteiger partial charge in [0.05, 0.1) is 23.3 Å². The van der Waals surface area contributed by atoms with Gasteiger partial charge in [-0.3, -0.25) is 9.78 Å². The van der Waals surface area contributed by atoms with E-state index in [0.29, 0.717) is 17.3 Å². The van der Waals surface area contributed by atoms with Gasteiger partial charge in [0.15, 0.2) is 5.11 Å². The summed E-state index contributed by atoms with van der Waals surface area (Å²) in [4.78, 5) is 19.4. The number of amides is 1. The number of halogens is 3. The minimum atomic E-state index is -4.45. The number of aryl methyl sites for hydroxylation is 2. The third-order valence-electron chi connectivity index (χ3n) is 7.33. The van der Waals surface area contributed by atoms with Crippen LogP contribution < -0.4 is 10.6 Å². The minimum Gasteiger partial charge on any atom is -0.352 e. The van der Waals surface area contributed by atoms with Gasteiger partial charge in [0.2, 0.25) is 5.91 Å². The number of pyridine rings is 1. The lowest BCUT2D eigenvalue weighted by molar-refractivity contribution is -0.137. The molecule has 0 radical (unpaired) electrons. The zero-order valence-electron chi connectivity index (χ0n) is 22.9. The Morgan fingerprint density at radius 2 is 1.78 bits per heavy atom. The maximum atomic E-state index is 13.5. The average molecular weight is 578 g/mol. The van der Waals surface area contributed by atoms with Gasteiger partial charge in [0.25, 0.3) is 0 Å². The van der Waals surface area contributed by atoms with Gasteiger partial charge in [0.1, 0.15) is 0 Å². The molecule has 212 valence electrons. The summed E-state index contributed by atoms with van der Waals surface area (Å²) >= 11 is 5.75. The molecule has 2 atom stereocenters. The summed E-state index contributed by atoms with van der Waals surface area (Å²) in [6, 6.07) is 19.8. The number of aromatic nitrogens is 2. The van der Waals surface area contributed by atoms with E-state index in [1.54, 1.807) is 12.3 Å². The standard InChI is InChI=1S/C31H30F3N5OS/c1-19-10-12-23(13-11-19)36-27(40)14-16-38-29(28(37-30(38)41)26-9-4-5-15-35-26)25-17-20(2)39(21(25)3)24-8-6-7-22(18-24)31(32,33)34/h4-13,15,17-18,28-29H,14,16H2,1-3H3,(H,36,40)(H,37,41)/t28-,29+/m1/s1. The highest BCUT2D eigenvalue weighted by atomic mass is 32.1. The Hall–Kier alpha value is -4.18. The van der Waals surface area contributed by atoms with Gasteiger partial charge in [-0.15, -0.1) is 0 Å². The number of alkyl halides is 3. The molecule has 1 amide bonds. The molecule has 0 bridgehead atoms. The van der Waals surface area contributed by atoms with E-state index in [9.17, 15) is 18.0 Å². The number of hydrogen-bond acceptors (Lipinski definition) is 3. The summed E-state index contributed by atoms with van der Waals surface area (Å²) in [6.07, 6.45) is -2.55. The molecule has 4 aromatic rings. The number of anilines is 1. The Morgan fingerprint density at radius 1 is 1.02 bits per heavy atom. The van der Waals surface area contributed by atoms with Crippen molar-refractivity contribution < 1.29 is 18.0 Å². The van der Waals surface area contributed by atoms with Gasteiger partial charge in [0, 0.05) is 41.9 Å². The number of carbonyl (C=O) groups excluding carboxylic acids is 1. The zero-order chi connectivity index (χ0) is 29.3. The number of benzene rings is 2. The molecule has 2 aromatic carbocycles. The highest BCUT2D eigenvalue weighted by molar-refractivity contribution is 7.80. The first-order chi connectivity index (χ1) is 19.5. The maximum absolute atomic E-state index is 13.5. The van der Waals surface area contributed by atoms with Crippen molar-refractivity contribution in [3.05, 3.63) is 113 Å². The SMILES string of the molecule is Cc1ccc(NC(=O)CCN2C(=S)N[C@H](c3ccccn3)[C@@H]2c2cc(C)n(-c3cccc(C(F)(F)F)c3)c2C)cc1. The Labute approximate surface area is 242 Å². The smallest absolute Gasteiger partial charge is 0.352 e. The summed E-state index contributed by atoms with van der Waals surface area (Å²) in [5.41, 5.74) is 4.77. The van der Waals surface area contributed by atoms with Crippen LogP contribution >= 0.6 is 12.2 Å². The van der Waals surface area contributed by atoms with E-state index in [4.69, 9.17) is 12.2 Å². The molecule has 3 heterocycles. The Bertz CT molecular complexity index is 1570. The van der Waals surface area contributed by atoms with Gasteiger partial charge < -0.3 is 20.1 Å². The van der Waals surface area contributed by atoms with E-state index in [2.05, 4.69) is 15.6 Å². The number of nitrogens with zero attached hydrogens (tertiary/aromatic N) is 3. The first-order valence-electron chi connectivity index (χ1n) is 13.2. The van der Waals surface area contributed by atoms with Crippen molar-refractivity contribution in [3.8, 4) is 5.69 Å². The monoisotopic (exact) mass is 577 g/mol. The lowest BCUT2D eigenvalue weighted by Crippen LogP contribution is -2.32. The third-order valence-corrected chi connectivity index (χ3v) is 7.69. The van der Waals surface area contributed by atoms with E-state index >= 15 is 0 Å². The first-order valence-corrected chi connectivity index (χ1v) is 13.6. The molecule has 1 aliphatic rings. The van der Waals surface area contributed by atoms with Gasteiger partial charge in [-0.2, -0.15) is 13.2 Å². The molecule has 10 heteroatoms. The van der Waals surface area contributed by atoms with E-state index in [-0.39, 0.29) is 24.4 Å². The second-order valence-corrected chi connectivity index (χ2v) is 10.6. The minimum absolute atomic E-state index is 0.147. The molecule has 2 N–H and O–H groups in total. The van der Waals surface area contributed by atoms with Crippen molar-refractivity contribution >= 4 is 28.9 Å². The fourth-order valence-corrected chi connectivity index (χ4v) is 5.70. The van der Waals surface area contributed by atoms with E-state index < -0.39 is 11.7 Å². The Balaban J connectivity index is 1.48. The van der Waals surface area contributed by atoms with Gasteiger partial charge in [-0.1, -0.05) is 29.8 Å². The highest BCUT2D eigenvalue weighted by Crippen LogP contribution is 2.42. The number of carbonyl (C=O) groups is 1. The number of rotatable bonds is 7. The van der Waals surface area contributed by atoms with Crippen LogP contribution in [0.15, 0.2) is 79.0 Å². The molecule has 5 rings (SSSR count). The van der Waals surface area contributed by atoms with E-state index in [1.165, 1.54) is 6.07 Å². The van der Waals surface area contributed by atoms with Crippen molar-refractivity contribution in [2.75, 3.05) is 11.9 Å². The van der Waals surface area contributed by atoms with Crippen LogP contribution in [0.25, 0.3) is 5.69 Å². The largest absolute Gasteiger partial charge is 0.416 e. The molecule has 1 fully saturated rings. The fourth-order valence-electron chi connectivity index (χ4n) is 5.37. The van der Waals surface area contributed by atoms with Crippen LogP contribution in [-0.2, 0) is 11.0 Å². The topological polar surface area (TPSA) is 62.2 Å². The van der Waals surface area contributed by atoms with Crippen molar-refractivity contribution in [2.24, 2.45) is 0 Å². The summed E-state index contributed by atoms with van der Waals surface area (Å²) in [5.74, 6) is -0.147. The summed E-state index contributed by atoms with van der Waals surface area (Å²) in [5, 5.41) is 6.79. The molecule has 41 heavy (non-hydrogen) atoms. The normalized spacial score (nSPS) is 17.0. The van der Waals surface area contributed by atoms with Crippen molar-refractivity contribution in [2.45, 2.75) is 45.5 Å². The van der Waals surface area contributed by atoms with Crippen LogP contribution in [0.2, 0.25) is 0 Å². The first kappa shape index (κ1) is 28.4. The molecule has 1 saturated heterocycles. The number of hydrogen-bond donors (Lipinski definition) is 2. The van der Waals surface area contributed by atoms with Gasteiger partial charge in [-0.05, 0) is 87.1 Å². The quantitative estimate of drug-likeness (QED) is 0.236. The zero-order valence-corrected chi connectivity index (χ0v) is 23.7. The van der Waals surface area contributed by atoms with E-state index in [1.807, 2.05) is 78.8 Å². The van der Waals surface area contributed by atoms with Crippen LogP contribution in [0.3, 0.4) is 0 Å². The Morgan fingerprint density at radius 3 is 2.46 bits per heavy atom. The van der Waals surface area contributed by atoms with Crippen LogP contribution in [0, 0.1) is 20.8 Å². The molecule has 2 aromatic heterocycles. The second-order valence-electron chi connectivity index (χ2n) is 10.2. The van der Waals surface area contributed by atoms with Gasteiger partial charge >= 0.3 is 6.18 Å². The predicted molar refractivity (Wildman–Crippen MR) is 157 cm³/mol. The average Bonchev–Trinajstić information content (AvgIpc) is 3.43. The summed E-state index contributed by atoms with van der Waals surface area (Å²) in [7, 11) is 0. The maximum Gasteiger partial charge on any atom is 0.416 e. The Kier molecular flexibility index (Phi) is 7.86. The van der Waals surface area contributed by atoms with Crippen LogP contribution in [0.1, 0.15) is 52.3 Å². The molecule has 0 spiro atoms. The molecule has 0 unspecified atom stereocenters. The lowest BCUT2D eigenvalue weighted by Gasteiger charge is -2.28. The van der Waals surface area contributed by atoms with E-state index in [0.717, 1.165) is 46.0 Å². The molecular formula is C31H30F3N5OS. The van der Waals surface area contributed by atoms with Gasteiger partial charge in [-0.25, -0.2) is 0 Å². The highest BCUT2D eigenvalue weighted by Gasteiger charge is 2.41. The molecule has 0 saturated carbocycles. The lowest BCUT2D eigenvalue weighted by atomic mass is 9.96. The molecule has 1 aliphatic heterocycles. The van der Waals surface area contributed by atoms with Crippen molar-refractivity contribution in [1.82, 2.24) is 19.8 Å². The fraction of sp³-hybridized carbons (Fsp3) is 0.258. The van der Waals surface area contributed by atoms with Crippen LogP contribution in [0.5, 0.6) is 0 Å². The van der Waals surface area contributed by atoms with Crippen molar-refractivity contribution in [1.29, 1.82) is 0 Å². The number of nitrogens with one attached hydrogen (secondary N) is 2. The summed E-state index contributed by atoms with van der Waals surface area (Å²) in [6.45, 7) is 6.08. The molecular weight excluding hydrogens is 547 g/mol. The second kappa shape index (κ2) is 11.4.